The predicted molar refractivity (Wildman–Crippen MR) is 79.4 cm³/mol. The van der Waals surface area contributed by atoms with E-state index in [2.05, 4.69) is 0 Å². The molecule has 0 aromatic heterocycles. The zero-order valence-corrected chi connectivity index (χ0v) is 14.0. The minimum Gasteiger partial charge on any atom is -0.385 e. The van der Waals surface area contributed by atoms with Crippen LogP contribution in [0.2, 0.25) is 10.0 Å². The molecule has 1 fully saturated rings. The van der Waals surface area contributed by atoms with Gasteiger partial charge in [-0.05, 0) is 37.5 Å². The van der Waals surface area contributed by atoms with Gasteiger partial charge in [0.2, 0.25) is 5.92 Å². The van der Waals surface area contributed by atoms with Crippen LogP contribution in [-0.2, 0) is 11.2 Å². The zero-order chi connectivity index (χ0) is 18.6. The van der Waals surface area contributed by atoms with E-state index in [1.54, 1.807) is 0 Å². The molecule has 0 radical (unpaired) electrons. The van der Waals surface area contributed by atoms with Crippen LogP contribution < -0.4 is 0 Å². The molecule has 0 spiro atoms. The van der Waals surface area contributed by atoms with Gasteiger partial charge in [0.1, 0.15) is 0 Å². The molecule has 0 aliphatic heterocycles. The summed E-state index contributed by atoms with van der Waals surface area (Å²) in [5.41, 5.74) is -5.64. The maximum Gasteiger partial charge on any atom is 0.421 e. The third kappa shape index (κ3) is 3.49. The van der Waals surface area contributed by atoms with Crippen molar-refractivity contribution in [3.8, 4) is 0 Å². The Kier molecular flexibility index (Phi) is 4.90. The number of halogens is 7. The van der Waals surface area contributed by atoms with Gasteiger partial charge in [0.05, 0.1) is 5.60 Å². The molecule has 136 valence electrons. The topological polar surface area (TPSA) is 40.5 Å². The summed E-state index contributed by atoms with van der Waals surface area (Å²) < 4.78 is 65.4. The van der Waals surface area contributed by atoms with Crippen LogP contribution in [0.1, 0.15) is 43.7 Å². The smallest absolute Gasteiger partial charge is 0.385 e. The average Bonchev–Trinajstić information content (AvgIpc) is 2.40. The molecule has 2 N–H and O–H groups in total. The Hall–Kier alpha value is -0.630. The lowest BCUT2D eigenvalue weighted by atomic mass is 9.77. The Balaban J connectivity index is 2.45. The summed E-state index contributed by atoms with van der Waals surface area (Å²) in [5, 5.41) is 19.7. The summed E-state index contributed by atoms with van der Waals surface area (Å²) in [7, 11) is 0. The SMILES string of the molecule is CC(O)(c1cc(Cl)c(C2(O)CCC(F)(F)CC2)c(Cl)c1)C(F)(F)F. The van der Waals surface area contributed by atoms with Crippen molar-refractivity contribution in [1.82, 2.24) is 0 Å². The molecule has 9 heteroatoms. The van der Waals surface area contributed by atoms with Gasteiger partial charge in [-0.15, -0.1) is 0 Å². The third-order valence-corrected chi connectivity index (χ3v) is 5.03. The molecule has 1 unspecified atom stereocenters. The van der Waals surface area contributed by atoms with Gasteiger partial charge in [-0.2, -0.15) is 13.2 Å². The first-order valence-corrected chi connectivity index (χ1v) is 7.84. The molecule has 0 amide bonds. The molecule has 1 aromatic carbocycles. The van der Waals surface area contributed by atoms with E-state index in [0.717, 1.165) is 12.1 Å². The second-order valence-corrected chi connectivity index (χ2v) is 7.09. The average molecular weight is 393 g/mol. The van der Waals surface area contributed by atoms with Crippen molar-refractivity contribution < 1.29 is 32.2 Å². The second kappa shape index (κ2) is 5.97. The molecule has 1 atom stereocenters. The zero-order valence-electron chi connectivity index (χ0n) is 12.5. The predicted octanol–water partition coefficient (Wildman–Crippen LogP) is 5.16. The standard InChI is InChI=1S/C15H15Cl2F5O2/c1-12(23,15(20,21)22)8-6-9(16)11(10(17)7-8)13(24)2-4-14(18,19)5-3-13/h6-7,23-24H,2-5H2,1H3. The number of rotatable bonds is 2. The van der Waals surface area contributed by atoms with Crippen LogP contribution in [0.3, 0.4) is 0 Å². The van der Waals surface area contributed by atoms with Gasteiger partial charge >= 0.3 is 6.18 Å². The molecular formula is C15H15Cl2F5O2. The van der Waals surface area contributed by atoms with E-state index in [4.69, 9.17) is 23.2 Å². The van der Waals surface area contributed by atoms with Crippen molar-refractivity contribution in [3.05, 3.63) is 33.3 Å². The summed E-state index contributed by atoms with van der Waals surface area (Å²) in [5.74, 6) is -2.91. The molecule has 1 aliphatic rings. The molecule has 1 saturated carbocycles. The van der Waals surface area contributed by atoms with E-state index >= 15 is 0 Å². The molecule has 24 heavy (non-hydrogen) atoms. The van der Waals surface area contributed by atoms with Gasteiger partial charge in [-0.3, -0.25) is 0 Å². The fourth-order valence-electron chi connectivity index (χ4n) is 2.74. The van der Waals surface area contributed by atoms with Crippen molar-refractivity contribution in [2.24, 2.45) is 0 Å². The minimum atomic E-state index is -4.97. The quantitative estimate of drug-likeness (QED) is 0.682. The van der Waals surface area contributed by atoms with Crippen LogP contribution >= 0.6 is 23.2 Å². The van der Waals surface area contributed by atoms with Gasteiger partial charge in [-0.1, -0.05) is 23.2 Å². The first-order chi connectivity index (χ1) is 10.7. The maximum atomic E-state index is 13.3. The van der Waals surface area contributed by atoms with Crippen LogP contribution in [0.25, 0.3) is 0 Å². The van der Waals surface area contributed by atoms with Crippen LogP contribution in [0.15, 0.2) is 12.1 Å². The highest BCUT2D eigenvalue weighted by molar-refractivity contribution is 6.36. The Morgan fingerprint density at radius 2 is 1.42 bits per heavy atom. The van der Waals surface area contributed by atoms with Crippen molar-refractivity contribution in [3.63, 3.8) is 0 Å². The van der Waals surface area contributed by atoms with Gasteiger partial charge in [0.15, 0.2) is 5.60 Å². The summed E-state index contributed by atoms with van der Waals surface area (Å²) in [6.45, 7) is 0.546. The van der Waals surface area contributed by atoms with Crippen molar-refractivity contribution >= 4 is 23.2 Å². The van der Waals surface area contributed by atoms with Gasteiger partial charge in [-0.25, -0.2) is 8.78 Å². The highest BCUT2D eigenvalue weighted by Crippen LogP contribution is 2.49. The second-order valence-electron chi connectivity index (χ2n) is 6.27. The van der Waals surface area contributed by atoms with Crippen LogP contribution in [0, 0.1) is 0 Å². The van der Waals surface area contributed by atoms with Crippen molar-refractivity contribution in [2.45, 2.75) is 55.9 Å². The number of alkyl halides is 5. The lowest BCUT2D eigenvalue weighted by molar-refractivity contribution is -0.258. The molecule has 0 saturated heterocycles. The molecule has 0 bridgehead atoms. The van der Waals surface area contributed by atoms with E-state index in [-0.39, 0.29) is 28.5 Å². The van der Waals surface area contributed by atoms with Gasteiger partial charge < -0.3 is 10.2 Å². The van der Waals surface area contributed by atoms with E-state index in [1.165, 1.54) is 0 Å². The lowest BCUT2D eigenvalue weighted by Crippen LogP contribution is -2.40. The molecule has 2 nitrogen and oxygen atoms in total. The number of hydrogen-bond acceptors (Lipinski definition) is 2. The van der Waals surface area contributed by atoms with Crippen LogP contribution in [0.4, 0.5) is 22.0 Å². The van der Waals surface area contributed by atoms with E-state index in [1.807, 2.05) is 0 Å². The van der Waals surface area contributed by atoms with Gasteiger partial charge in [0, 0.05) is 28.5 Å². The highest BCUT2D eigenvalue weighted by Gasteiger charge is 2.52. The normalized spacial score (nSPS) is 22.9. The summed E-state index contributed by atoms with van der Waals surface area (Å²) in [6.07, 6.45) is -6.79. The van der Waals surface area contributed by atoms with Crippen LogP contribution in [0.5, 0.6) is 0 Å². The van der Waals surface area contributed by atoms with Crippen molar-refractivity contribution in [2.75, 3.05) is 0 Å². The van der Waals surface area contributed by atoms with Crippen molar-refractivity contribution in [1.29, 1.82) is 0 Å². The number of hydrogen-bond donors (Lipinski definition) is 2. The van der Waals surface area contributed by atoms with Crippen LogP contribution in [-0.4, -0.2) is 22.3 Å². The summed E-state index contributed by atoms with van der Waals surface area (Å²) in [6, 6.07) is 1.70. The third-order valence-electron chi connectivity index (χ3n) is 4.43. The Morgan fingerprint density at radius 3 is 1.79 bits per heavy atom. The van der Waals surface area contributed by atoms with E-state index in [9.17, 15) is 32.2 Å². The molecule has 0 heterocycles. The monoisotopic (exact) mass is 392 g/mol. The molecular weight excluding hydrogens is 378 g/mol. The summed E-state index contributed by atoms with van der Waals surface area (Å²) in [4.78, 5) is 0. The van der Waals surface area contributed by atoms with E-state index in [0.29, 0.717) is 6.92 Å². The molecule has 1 aromatic rings. The fraction of sp³-hybridized carbons (Fsp3) is 0.600. The highest BCUT2D eigenvalue weighted by atomic mass is 35.5. The minimum absolute atomic E-state index is 0.0944. The first kappa shape index (κ1) is 19.7. The van der Waals surface area contributed by atoms with Gasteiger partial charge in [0.25, 0.3) is 0 Å². The Morgan fingerprint density at radius 1 is 1.00 bits per heavy atom. The van der Waals surface area contributed by atoms with E-state index < -0.39 is 41.7 Å². The fourth-order valence-corrected chi connectivity index (χ4v) is 3.58. The Labute approximate surface area is 145 Å². The maximum absolute atomic E-state index is 13.3. The largest absolute Gasteiger partial charge is 0.421 e. The molecule has 2 rings (SSSR count). The lowest BCUT2D eigenvalue weighted by Gasteiger charge is -2.37. The Bertz CT molecular complexity index is 610. The number of aliphatic hydroxyl groups is 2. The number of benzene rings is 1. The molecule has 1 aliphatic carbocycles. The first-order valence-electron chi connectivity index (χ1n) is 7.09. The summed E-state index contributed by atoms with van der Waals surface area (Å²) >= 11 is 11.9.